The summed E-state index contributed by atoms with van der Waals surface area (Å²) in [7, 11) is 0. The summed E-state index contributed by atoms with van der Waals surface area (Å²) >= 11 is 0. The Hall–Kier alpha value is -2.36. The van der Waals surface area contributed by atoms with Gasteiger partial charge in [-0.05, 0) is 46.5 Å². The fraction of sp³-hybridized carbons (Fsp3) is 0. The van der Waals surface area contributed by atoms with Crippen molar-refractivity contribution in [2.45, 2.75) is 0 Å². The van der Waals surface area contributed by atoms with Crippen LogP contribution in [0.3, 0.4) is 0 Å². The minimum absolute atomic E-state index is 0.597. The highest BCUT2D eigenvalue weighted by Crippen LogP contribution is 2.51. The van der Waals surface area contributed by atoms with E-state index in [4.69, 9.17) is 22.9 Å². The van der Waals surface area contributed by atoms with Crippen LogP contribution in [0.25, 0.3) is 22.3 Å². The molecule has 4 heteroatoms. The maximum absolute atomic E-state index is 5.77. The Balaban J connectivity index is 2.26. The molecular weight excluding hydrogens is 200 g/mol. The van der Waals surface area contributed by atoms with Gasteiger partial charge in [-0.15, -0.1) is 0 Å². The molecule has 0 unspecified atom stereocenters. The van der Waals surface area contributed by atoms with E-state index in [2.05, 4.69) is 0 Å². The van der Waals surface area contributed by atoms with Crippen LogP contribution in [0.2, 0.25) is 0 Å². The van der Waals surface area contributed by atoms with Gasteiger partial charge in [-0.3, -0.25) is 0 Å². The average molecular weight is 212 g/mol. The highest BCUT2D eigenvalue weighted by Gasteiger charge is 2.24. The van der Waals surface area contributed by atoms with Gasteiger partial charge >= 0.3 is 0 Å². The first kappa shape index (κ1) is 8.91. The first-order valence-electron chi connectivity index (χ1n) is 4.96. The van der Waals surface area contributed by atoms with E-state index in [0.717, 1.165) is 22.3 Å². The molecule has 0 saturated carbocycles. The second-order valence-corrected chi connectivity index (χ2v) is 4.05. The molecule has 1 aliphatic rings. The summed E-state index contributed by atoms with van der Waals surface area (Å²) in [5.41, 5.74) is 29.8. The van der Waals surface area contributed by atoms with Gasteiger partial charge in [0.05, 0.1) is 22.7 Å². The number of hydrogen-bond donors (Lipinski definition) is 4. The fourth-order valence-corrected chi connectivity index (χ4v) is 2.10. The Labute approximate surface area is 92.8 Å². The molecule has 3 rings (SSSR count). The van der Waals surface area contributed by atoms with E-state index < -0.39 is 0 Å². The van der Waals surface area contributed by atoms with Crippen LogP contribution >= 0.6 is 0 Å². The number of anilines is 4. The van der Waals surface area contributed by atoms with Crippen LogP contribution in [0.15, 0.2) is 24.3 Å². The minimum Gasteiger partial charge on any atom is -0.397 e. The van der Waals surface area contributed by atoms with Gasteiger partial charge in [0.1, 0.15) is 0 Å². The Morgan fingerprint density at radius 2 is 0.625 bits per heavy atom. The highest BCUT2D eigenvalue weighted by atomic mass is 14.7. The van der Waals surface area contributed by atoms with Crippen LogP contribution in [0.1, 0.15) is 0 Å². The molecule has 80 valence electrons. The van der Waals surface area contributed by atoms with Crippen molar-refractivity contribution in [1.29, 1.82) is 0 Å². The van der Waals surface area contributed by atoms with Crippen LogP contribution < -0.4 is 22.9 Å². The zero-order chi connectivity index (χ0) is 11.4. The molecule has 0 radical (unpaired) electrons. The van der Waals surface area contributed by atoms with Crippen molar-refractivity contribution in [3.05, 3.63) is 24.3 Å². The summed E-state index contributed by atoms with van der Waals surface area (Å²) in [6.45, 7) is 0. The van der Waals surface area contributed by atoms with E-state index in [9.17, 15) is 0 Å². The normalized spacial score (nSPS) is 11.5. The zero-order valence-corrected chi connectivity index (χ0v) is 8.62. The highest BCUT2D eigenvalue weighted by molar-refractivity contribution is 6.07. The molecule has 0 saturated heterocycles. The molecule has 0 aliphatic heterocycles. The van der Waals surface area contributed by atoms with Crippen molar-refractivity contribution in [1.82, 2.24) is 0 Å². The Kier molecular flexibility index (Phi) is 1.45. The average Bonchev–Trinajstić information content (AvgIpc) is 2.26. The number of benzene rings is 2. The van der Waals surface area contributed by atoms with Crippen molar-refractivity contribution < 1.29 is 0 Å². The molecule has 0 aromatic heterocycles. The third kappa shape index (κ3) is 0.930. The number of nitrogens with two attached hydrogens (primary N) is 4. The van der Waals surface area contributed by atoms with Gasteiger partial charge in [0.25, 0.3) is 0 Å². The van der Waals surface area contributed by atoms with Crippen LogP contribution in [-0.2, 0) is 0 Å². The maximum Gasteiger partial charge on any atom is 0.0554 e. The van der Waals surface area contributed by atoms with Gasteiger partial charge in [0, 0.05) is 0 Å². The number of hydrogen-bond acceptors (Lipinski definition) is 4. The lowest BCUT2D eigenvalue weighted by atomic mass is 9.79. The molecular formula is C12H12N4. The molecule has 8 N–H and O–H groups in total. The van der Waals surface area contributed by atoms with Crippen LogP contribution in [0, 0.1) is 0 Å². The van der Waals surface area contributed by atoms with Gasteiger partial charge in [-0.1, -0.05) is 0 Å². The molecule has 0 fully saturated rings. The molecule has 0 amide bonds. The standard InChI is InChI=1S/C12H12N4/c13-9-1-5-6(2-10(9)14)8-4-12(16)11(15)3-7(5)8/h1-4H,13-16H2. The number of fused-ring (bicyclic) bond motifs is 4. The largest absolute Gasteiger partial charge is 0.397 e. The first-order valence-corrected chi connectivity index (χ1v) is 4.96. The second kappa shape index (κ2) is 2.61. The Bertz CT molecular complexity index is 493. The lowest BCUT2D eigenvalue weighted by Crippen LogP contribution is -2.06. The van der Waals surface area contributed by atoms with Crippen LogP contribution in [0.5, 0.6) is 0 Å². The van der Waals surface area contributed by atoms with Crippen LogP contribution in [0.4, 0.5) is 22.7 Å². The van der Waals surface area contributed by atoms with E-state index in [1.165, 1.54) is 0 Å². The summed E-state index contributed by atoms with van der Waals surface area (Å²) in [5, 5.41) is 0. The lowest BCUT2D eigenvalue weighted by Gasteiger charge is -2.26. The van der Waals surface area contributed by atoms with Crippen molar-refractivity contribution in [3.63, 3.8) is 0 Å². The zero-order valence-electron chi connectivity index (χ0n) is 8.62. The van der Waals surface area contributed by atoms with Gasteiger partial charge in [0.15, 0.2) is 0 Å². The van der Waals surface area contributed by atoms with Gasteiger partial charge < -0.3 is 22.9 Å². The van der Waals surface area contributed by atoms with Gasteiger partial charge in [-0.25, -0.2) is 0 Å². The van der Waals surface area contributed by atoms with E-state index >= 15 is 0 Å². The summed E-state index contributed by atoms with van der Waals surface area (Å²) < 4.78 is 0. The molecule has 0 bridgehead atoms. The third-order valence-corrected chi connectivity index (χ3v) is 3.03. The summed E-state index contributed by atoms with van der Waals surface area (Å²) in [6.07, 6.45) is 0. The molecule has 1 aliphatic carbocycles. The minimum atomic E-state index is 0.597. The van der Waals surface area contributed by atoms with E-state index in [1.807, 2.05) is 24.3 Å². The van der Waals surface area contributed by atoms with Crippen molar-refractivity contribution in [2.24, 2.45) is 0 Å². The molecule has 0 heterocycles. The number of rotatable bonds is 0. The van der Waals surface area contributed by atoms with E-state index in [1.54, 1.807) is 0 Å². The van der Waals surface area contributed by atoms with Crippen LogP contribution in [-0.4, -0.2) is 0 Å². The predicted octanol–water partition coefficient (Wildman–Crippen LogP) is 1.66. The van der Waals surface area contributed by atoms with Gasteiger partial charge in [-0.2, -0.15) is 0 Å². The Morgan fingerprint density at radius 3 is 0.812 bits per heavy atom. The van der Waals surface area contributed by atoms with Crippen molar-refractivity contribution >= 4 is 22.7 Å². The van der Waals surface area contributed by atoms with E-state index in [0.29, 0.717) is 22.7 Å². The smallest absolute Gasteiger partial charge is 0.0554 e. The van der Waals surface area contributed by atoms with Crippen molar-refractivity contribution in [2.75, 3.05) is 22.9 Å². The van der Waals surface area contributed by atoms with Gasteiger partial charge in [0.2, 0.25) is 0 Å². The third-order valence-electron chi connectivity index (χ3n) is 3.03. The molecule has 2 aromatic carbocycles. The first-order chi connectivity index (χ1) is 7.58. The Morgan fingerprint density at radius 1 is 0.438 bits per heavy atom. The number of nitrogen functional groups attached to an aromatic ring is 4. The fourth-order valence-electron chi connectivity index (χ4n) is 2.10. The lowest BCUT2D eigenvalue weighted by molar-refractivity contribution is 1.51. The predicted molar refractivity (Wildman–Crippen MR) is 68.5 cm³/mol. The molecule has 2 aromatic rings. The second-order valence-electron chi connectivity index (χ2n) is 4.05. The summed E-state index contributed by atoms with van der Waals surface area (Å²) in [5.74, 6) is 0. The quantitative estimate of drug-likeness (QED) is 0.425. The topological polar surface area (TPSA) is 104 Å². The van der Waals surface area contributed by atoms with E-state index in [-0.39, 0.29) is 0 Å². The molecule has 0 spiro atoms. The maximum atomic E-state index is 5.77. The van der Waals surface area contributed by atoms with Crippen molar-refractivity contribution in [3.8, 4) is 22.3 Å². The SMILES string of the molecule is Nc1cc2c(cc1N)-c1cc(N)c(N)cc1-2. The summed E-state index contributed by atoms with van der Waals surface area (Å²) in [6, 6.07) is 7.51. The molecule has 16 heavy (non-hydrogen) atoms. The molecule has 4 nitrogen and oxygen atoms in total. The molecule has 0 atom stereocenters. The summed E-state index contributed by atoms with van der Waals surface area (Å²) in [4.78, 5) is 0. The monoisotopic (exact) mass is 212 g/mol.